The molecule has 3 aromatic rings. The van der Waals surface area contributed by atoms with Crippen LogP contribution in [0.2, 0.25) is 0 Å². The number of ether oxygens (including phenoxy) is 1. The highest BCUT2D eigenvalue weighted by atomic mass is 19.4. The van der Waals surface area contributed by atoms with Gasteiger partial charge in [-0.3, -0.25) is 9.98 Å². The Morgan fingerprint density at radius 3 is 2.58 bits per heavy atom. The Labute approximate surface area is 178 Å². The number of alkyl halides is 3. The van der Waals surface area contributed by atoms with Crippen LogP contribution >= 0.6 is 0 Å². The lowest BCUT2D eigenvalue weighted by Gasteiger charge is -2.18. The van der Waals surface area contributed by atoms with E-state index in [1.807, 2.05) is 24.3 Å². The first kappa shape index (κ1) is 20.8. The van der Waals surface area contributed by atoms with Crippen LogP contribution in [-0.2, 0) is 6.18 Å². The molecule has 0 bridgehead atoms. The number of hydrogen-bond acceptors (Lipinski definition) is 3. The predicted molar refractivity (Wildman–Crippen MR) is 116 cm³/mol. The van der Waals surface area contributed by atoms with Gasteiger partial charge in [0.2, 0.25) is 0 Å². The molecule has 0 amide bonds. The second kappa shape index (κ2) is 8.76. The largest absolute Gasteiger partial charge is 0.496 e. The molecule has 0 saturated carbocycles. The maximum Gasteiger partial charge on any atom is 0.417 e. The van der Waals surface area contributed by atoms with Gasteiger partial charge in [0.25, 0.3) is 0 Å². The van der Waals surface area contributed by atoms with Crippen LogP contribution in [0.5, 0.6) is 5.75 Å². The van der Waals surface area contributed by atoms with Crippen LogP contribution in [-0.4, -0.2) is 24.4 Å². The molecule has 0 atom stereocenters. The first-order valence-electron chi connectivity index (χ1n) is 9.98. The zero-order valence-electron chi connectivity index (χ0n) is 17.0. The predicted octanol–water partition coefficient (Wildman–Crippen LogP) is 6.44. The van der Waals surface area contributed by atoms with Crippen LogP contribution in [0.15, 0.2) is 77.6 Å². The SMILES string of the molecule is COc1ccc(/C=C2\CCCN=C2c2cccnc2)cc1-c1ccccc1C(F)(F)F. The van der Waals surface area contributed by atoms with Gasteiger partial charge < -0.3 is 4.74 Å². The van der Waals surface area contributed by atoms with E-state index in [1.54, 1.807) is 30.6 Å². The third-order valence-corrected chi connectivity index (χ3v) is 5.20. The Balaban J connectivity index is 1.80. The maximum absolute atomic E-state index is 13.6. The van der Waals surface area contributed by atoms with E-state index < -0.39 is 11.7 Å². The van der Waals surface area contributed by atoms with E-state index in [1.165, 1.54) is 19.2 Å². The molecule has 0 N–H and O–H groups in total. The minimum atomic E-state index is -4.46. The van der Waals surface area contributed by atoms with Crippen LogP contribution in [0.1, 0.15) is 29.5 Å². The van der Waals surface area contributed by atoms with Crippen molar-refractivity contribution in [3.8, 4) is 16.9 Å². The molecule has 1 aliphatic rings. The van der Waals surface area contributed by atoms with E-state index in [2.05, 4.69) is 9.98 Å². The highest BCUT2D eigenvalue weighted by Crippen LogP contribution is 2.41. The number of rotatable bonds is 4. The second-order valence-corrected chi connectivity index (χ2v) is 7.25. The Bertz CT molecular complexity index is 1140. The minimum absolute atomic E-state index is 0.0943. The monoisotopic (exact) mass is 422 g/mol. The standard InChI is InChI=1S/C25H21F3N2O/c1-31-23-11-10-17(15-21(23)20-8-2-3-9-22(20)25(26,27)28)14-18-6-5-13-30-24(18)19-7-4-12-29-16-19/h2-4,7-12,14-16H,5-6,13H2,1H3/b18-14+. The van der Waals surface area contributed by atoms with E-state index in [-0.39, 0.29) is 5.56 Å². The molecule has 6 heteroatoms. The Hall–Kier alpha value is -3.41. The van der Waals surface area contributed by atoms with Crippen LogP contribution in [0.4, 0.5) is 13.2 Å². The van der Waals surface area contributed by atoms with E-state index in [9.17, 15) is 13.2 Å². The van der Waals surface area contributed by atoms with Crippen molar-refractivity contribution in [3.63, 3.8) is 0 Å². The second-order valence-electron chi connectivity index (χ2n) is 7.25. The summed E-state index contributed by atoms with van der Waals surface area (Å²) in [6, 6.07) is 14.7. The Morgan fingerprint density at radius 2 is 1.84 bits per heavy atom. The molecule has 1 aromatic heterocycles. The summed E-state index contributed by atoms with van der Waals surface area (Å²) < 4.78 is 46.2. The van der Waals surface area contributed by atoms with Gasteiger partial charge in [0.05, 0.1) is 18.4 Å². The zero-order valence-corrected chi connectivity index (χ0v) is 17.0. The number of allylic oxidation sites excluding steroid dienone is 1. The summed E-state index contributed by atoms with van der Waals surface area (Å²) in [7, 11) is 1.46. The number of hydrogen-bond donors (Lipinski definition) is 0. The van der Waals surface area contributed by atoms with Gasteiger partial charge in [-0.25, -0.2) is 0 Å². The molecule has 1 aliphatic heterocycles. The van der Waals surface area contributed by atoms with Crippen molar-refractivity contribution in [2.24, 2.45) is 4.99 Å². The van der Waals surface area contributed by atoms with E-state index in [0.29, 0.717) is 11.3 Å². The normalized spacial score (nSPS) is 15.6. The fraction of sp³-hybridized carbons (Fsp3) is 0.200. The maximum atomic E-state index is 13.6. The van der Waals surface area contributed by atoms with Gasteiger partial charge in [-0.15, -0.1) is 0 Å². The van der Waals surface area contributed by atoms with Crippen molar-refractivity contribution >= 4 is 11.8 Å². The van der Waals surface area contributed by atoms with Gasteiger partial charge in [-0.1, -0.05) is 24.3 Å². The zero-order chi connectivity index (χ0) is 21.8. The fourth-order valence-electron chi connectivity index (χ4n) is 3.79. The minimum Gasteiger partial charge on any atom is -0.496 e. The summed E-state index contributed by atoms with van der Waals surface area (Å²) in [6.45, 7) is 0.744. The van der Waals surface area contributed by atoms with Crippen molar-refractivity contribution < 1.29 is 17.9 Å². The molecule has 2 heterocycles. The van der Waals surface area contributed by atoms with Gasteiger partial charge in [-0.2, -0.15) is 13.2 Å². The van der Waals surface area contributed by atoms with Crippen molar-refractivity contribution in [3.05, 3.63) is 89.3 Å². The lowest BCUT2D eigenvalue weighted by atomic mass is 9.93. The molecule has 0 saturated heterocycles. The molecule has 0 aliphatic carbocycles. The Kier molecular flexibility index (Phi) is 5.89. The molecule has 3 nitrogen and oxygen atoms in total. The topological polar surface area (TPSA) is 34.5 Å². The fourth-order valence-corrected chi connectivity index (χ4v) is 3.79. The molecule has 0 fully saturated rings. The lowest BCUT2D eigenvalue weighted by molar-refractivity contribution is -0.137. The van der Waals surface area contributed by atoms with E-state index >= 15 is 0 Å². The number of benzene rings is 2. The first-order chi connectivity index (χ1) is 15.0. The summed E-state index contributed by atoms with van der Waals surface area (Å²) in [6.07, 6.45) is 2.79. The van der Waals surface area contributed by atoms with Gasteiger partial charge in [0.1, 0.15) is 5.75 Å². The molecule has 2 aromatic carbocycles. The summed E-state index contributed by atoms with van der Waals surface area (Å²) in [5, 5.41) is 0. The Morgan fingerprint density at radius 1 is 1.00 bits per heavy atom. The summed E-state index contributed by atoms with van der Waals surface area (Å²) >= 11 is 0. The van der Waals surface area contributed by atoms with Crippen LogP contribution in [0.3, 0.4) is 0 Å². The number of nitrogens with zero attached hydrogens (tertiary/aromatic N) is 2. The van der Waals surface area contributed by atoms with Gasteiger partial charge in [0.15, 0.2) is 0 Å². The van der Waals surface area contributed by atoms with Crippen molar-refractivity contribution in [1.29, 1.82) is 0 Å². The van der Waals surface area contributed by atoms with Crippen LogP contribution in [0, 0.1) is 0 Å². The summed E-state index contributed by atoms with van der Waals surface area (Å²) in [4.78, 5) is 8.85. The van der Waals surface area contributed by atoms with Gasteiger partial charge in [-0.05, 0) is 65.9 Å². The number of aromatic nitrogens is 1. The lowest BCUT2D eigenvalue weighted by Crippen LogP contribution is -2.12. The van der Waals surface area contributed by atoms with Crippen LogP contribution in [0.25, 0.3) is 17.2 Å². The molecular weight excluding hydrogens is 401 g/mol. The number of pyridine rings is 1. The highest BCUT2D eigenvalue weighted by molar-refractivity contribution is 6.15. The molecular formula is C25H21F3N2O. The molecule has 158 valence electrons. The third-order valence-electron chi connectivity index (χ3n) is 5.20. The average molecular weight is 422 g/mol. The summed E-state index contributed by atoms with van der Waals surface area (Å²) in [5.74, 6) is 0.392. The number of aliphatic imine (C=N–C) groups is 1. The summed E-state index contributed by atoms with van der Waals surface area (Å²) in [5.41, 5.74) is 3.46. The molecule has 4 rings (SSSR count). The van der Waals surface area contributed by atoms with E-state index in [4.69, 9.17) is 4.74 Å². The molecule has 0 spiro atoms. The molecule has 0 radical (unpaired) electrons. The quantitative estimate of drug-likeness (QED) is 0.485. The highest BCUT2D eigenvalue weighted by Gasteiger charge is 2.34. The van der Waals surface area contributed by atoms with Gasteiger partial charge in [0, 0.05) is 30.1 Å². The molecule has 31 heavy (non-hydrogen) atoms. The van der Waals surface area contributed by atoms with Gasteiger partial charge >= 0.3 is 6.18 Å². The smallest absolute Gasteiger partial charge is 0.417 e. The van der Waals surface area contributed by atoms with Crippen LogP contribution < -0.4 is 4.74 Å². The van der Waals surface area contributed by atoms with Crippen molar-refractivity contribution in [1.82, 2.24) is 4.98 Å². The first-order valence-corrected chi connectivity index (χ1v) is 9.98. The molecule has 0 unspecified atom stereocenters. The number of methoxy groups -OCH3 is 1. The van der Waals surface area contributed by atoms with Crippen molar-refractivity contribution in [2.45, 2.75) is 19.0 Å². The van der Waals surface area contributed by atoms with Crippen molar-refractivity contribution in [2.75, 3.05) is 13.7 Å². The number of halogens is 3. The third kappa shape index (κ3) is 4.53. The van der Waals surface area contributed by atoms with E-state index in [0.717, 1.165) is 47.9 Å². The average Bonchev–Trinajstić information content (AvgIpc) is 2.79.